The molecule has 8 heteroatoms. The van der Waals surface area contributed by atoms with Crippen LogP contribution in [0.1, 0.15) is 60.8 Å². The number of piperidine rings is 1. The number of ether oxygens (including phenoxy) is 4. The number of fused-ring (bicyclic) bond motifs is 2. The summed E-state index contributed by atoms with van der Waals surface area (Å²) in [4.78, 5) is 0. The van der Waals surface area contributed by atoms with E-state index in [2.05, 4.69) is 19.2 Å². The van der Waals surface area contributed by atoms with Gasteiger partial charge in [0.2, 0.25) is 0 Å². The predicted octanol–water partition coefficient (Wildman–Crippen LogP) is 6.30. The maximum absolute atomic E-state index is 13.1. The van der Waals surface area contributed by atoms with E-state index in [0.29, 0.717) is 12.6 Å². The van der Waals surface area contributed by atoms with Crippen LogP contribution in [0.3, 0.4) is 0 Å². The summed E-state index contributed by atoms with van der Waals surface area (Å²) < 4.78 is 66.3. The van der Waals surface area contributed by atoms with Crippen LogP contribution in [0, 0.1) is 17.3 Å². The SMILES string of the molecule is COc1ccc2c3c1O[C@H]1[C@@]4(OC)CC[C@@]5(C[C@@H]4COCc4ccc(C(F)(F)F)cc4)[C@@H](C2)[N@+](C)(CC2CC2)CC[C@]315. The molecule has 0 amide bonds. The summed E-state index contributed by atoms with van der Waals surface area (Å²) in [6, 6.07) is 10.2. The molecule has 42 heavy (non-hydrogen) atoms. The zero-order valence-corrected chi connectivity index (χ0v) is 24.8. The second kappa shape index (κ2) is 8.89. The van der Waals surface area contributed by atoms with Crippen LogP contribution in [-0.2, 0) is 34.1 Å². The minimum absolute atomic E-state index is 0.0762. The lowest BCUT2D eigenvalue weighted by Crippen LogP contribution is -2.83. The molecule has 0 N–H and O–H groups in total. The van der Waals surface area contributed by atoms with Gasteiger partial charge in [0, 0.05) is 42.8 Å². The Balaban J connectivity index is 1.16. The maximum Gasteiger partial charge on any atom is 0.416 e. The third-order valence-corrected chi connectivity index (χ3v) is 12.6. The number of halogens is 3. The minimum Gasteiger partial charge on any atom is -0.493 e. The third-order valence-electron chi connectivity index (χ3n) is 12.6. The van der Waals surface area contributed by atoms with Gasteiger partial charge < -0.3 is 23.4 Å². The summed E-state index contributed by atoms with van der Waals surface area (Å²) >= 11 is 0. The van der Waals surface area contributed by atoms with Gasteiger partial charge in [0.05, 0.1) is 57.5 Å². The lowest BCUT2D eigenvalue weighted by molar-refractivity contribution is -0.952. The van der Waals surface area contributed by atoms with Crippen LogP contribution in [0.2, 0.25) is 0 Å². The first kappa shape index (κ1) is 27.3. The molecule has 4 saturated carbocycles. The van der Waals surface area contributed by atoms with Crippen molar-refractivity contribution >= 4 is 0 Å². The van der Waals surface area contributed by atoms with Crippen LogP contribution < -0.4 is 9.47 Å². The van der Waals surface area contributed by atoms with Gasteiger partial charge >= 0.3 is 6.18 Å². The quantitative estimate of drug-likeness (QED) is 0.342. The van der Waals surface area contributed by atoms with E-state index in [4.69, 9.17) is 18.9 Å². The van der Waals surface area contributed by atoms with E-state index in [0.717, 1.165) is 78.2 Å². The normalized spacial score (nSPS) is 39.1. The Hall–Kier alpha value is -2.29. The summed E-state index contributed by atoms with van der Waals surface area (Å²) in [5.74, 6) is 2.71. The molecule has 2 aliphatic heterocycles. The standard InChI is InChI=1S/C34H41F3NO4/c1-38(18-21-4-5-21)15-14-32-28-23-8-11-26(39-2)29(28)42-30(32)33(40-3)13-12-31(32,27(38)16-23)17-25(33)20-41-19-22-6-9-24(10-7-22)34(35,36)37/h6-11,21,25,27,30H,4-5,12-20H2,1-3H3/q+1/t25-,27-,30-,31-,32+,33-,38+/m1/s1. The molecular formula is C34H41F3NO4+. The Labute approximate surface area is 245 Å². The number of nitrogens with zero attached hydrogens (tertiary/aromatic N) is 1. The molecule has 2 aromatic rings. The zero-order chi connectivity index (χ0) is 29.1. The maximum atomic E-state index is 13.1. The molecule has 5 fully saturated rings. The Morgan fingerprint density at radius 1 is 1.02 bits per heavy atom. The van der Waals surface area contributed by atoms with Gasteiger partial charge in [-0.3, -0.25) is 0 Å². The molecule has 5 aliphatic carbocycles. The summed E-state index contributed by atoms with van der Waals surface area (Å²) in [5.41, 5.74) is 2.41. The van der Waals surface area contributed by atoms with Crippen LogP contribution in [0.25, 0.3) is 0 Å². The van der Waals surface area contributed by atoms with E-state index >= 15 is 0 Å². The average Bonchev–Trinajstić information content (AvgIpc) is 3.71. The summed E-state index contributed by atoms with van der Waals surface area (Å²) in [6.45, 7) is 3.19. The largest absolute Gasteiger partial charge is 0.493 e. The van der Waals surface area contributed by atoms with Crippen molar-refractivity contribution < 1.29 is 36.6 Å². The smallest absolute Gasteiger partial charge is 0.416 e. The molecule has 0 aromatic heterocycles. The van der Waals surface area contributed by atoms with Gasteiger partial charge in [0.15, 0.2) is 11.5 Å². The molecule has 2 heterocycles. The van der Waals surface area contributed by atoms with Crippen LogP contribution in [0.15, 0.2) is 36.4 Å². The Morgan fingerprint density at radius 3 is 2.50 bits per heavy atom. The number of benzene rings is 2. The molecule has 5 nitrogen and oxygen atoms in total. The number of likely N-dealkylation sites (N-methyl/N-ethyl adjacent to an activating group) is 1. The van der Waals surface area contributed by atoms with Crippen molar-refractivity contribution in [2.45, 2.75) is 80.9 Å². The summed E-state index contributed by atoms with van der Waals surface area (Å²) in [7, 11) is 6.08. The van der Waals surface area contributed by atoms with Gasteiger partial charge in [-0.15, -0.1) is 0 Å². The second-order valence-corrected chi connectivity index (χ2v) is 14.3. The van der Waals surface area contributed by atoms with Crippen LogP contribution in [-0.4, -0.2) is 63.2 Å². The van der Waals surface area contributed by atoms with Crippen LogP contribution in [0.5, 0.6) is 11.5 Å². The van der Waals surface area contributed by atoms with E-state index in [1.807, 2.05) is 7.11 Å². The molecule has 4 bridgehead atoms. The van der Waals surface area contributed by atoms with Gasteiger partial charge in [0.25, 0.3) is 0 Å². The minimum atomic E-state index is -4.34. The van der Waals surface area contributed by atoms with E-state index in [1.54, 1.807) is 7.11 Å². The fourth-order valence-corrected chi connectivity index (χ4v) is 10.7. The number of rotatable bonds is 8. The first-order valence-electron chi connectivity index (χ1n) is 15.6. The van der Waals surface area contributed by atoms with E-state index in [1.165, 1.54) is 42.6 Å². The van der Waals surface area contributed by atoms with Gasteiger partial charge in [0.1, 0.15) is 11.7 Å². The topological polar surface area (TPSA) is 36.9 Å². The monoisotopic (exact) mass is 584 g/mol. The molecule has 7 atom stereocenters. The first-order chi connectivity index (χ1) is 20.1. The fraction of sp³-hybridized carbons (Fsp3) is 0.647. The molecule has 9 rings (SSSR count). The highest BCUT2D eigenvalue weighted by molar-refractivity contribution is 5.63. The Kier molecular flexibility index (Phi) is 5.77. The van der Waals surface area contributed by atoms with Gasteiger partial charge in [-0.2, -0.15) is 13.2 Å². The molecule has 1 saturated heterocycles. The summed E-state index contributed by atoms with van der Waals surface area (Å²) in [6.07, 6.45) is 3.48. The van der Waals surface area contributed by atoms with Gasteiger partial charge in [-0.25, -0.2) is 0 Å². The zero-order valence-electron chi connectivity index (χ0n) is 24.8. The van der Waals surface area contributed by atoms with E-state index < -0.39 is 17.3 Å². The number of methoxy groups -OCH3 is 2. The highest BCUT2D eigenvalue weighted by Gasteiger charge is 2.83. The predicted molar refractivity (Wildman–Crippen MR) is 150 cm³/mol. The van der Waals surface area contributed by atoms with Gasteiger partial charge in [-0.05, 0) is 61.4 Å². The number of hydrogen-bond acceptors (Lipinski definition) is 4. The summed E-state index contributed by atoms with van der Waals surface area (Å²) in [5, 5.41) is 0. The van der Waals surface area contributed by atoms with Crippen LogP contribution in [0.4, 0.5) is 13.2 Å². The molecular weight excluding hydrogens is 543 g/mol. The van der Waals surface area contributed by atoms with Crippen molar-refractivity contribution in [2.75, 3.05) is 41.0 Å². The third kappa shape index (κ3) is 3.43. The van der Waals surface area contributed by atoms with Crippen molar-refractivity contribution in [3.63, 3.8) is 0 Å². The van der Waals surface area contributed by atoms with E-state index in [-0.39, 0.29) is 29.5 Å². The van der Waals surface area contributed by atoms with E-state index in [9.17, 15) is 13.2 Å². The lowest BCUT2D eigenvalue weighted by Gasteiger charge is -2.74. The number of hydrogen-bond donors (Lipinski definition) is 0. The van der Waals surface area contributed by atoms with Crippen LogP contribution >= 0.6 is 0 Å². The molecule has 0 unspecified atom stereocenters. The van der Waals surface area contributed by atoms with Gasteiger partial charge in [-0.1, -0.05) is 18.2 Å². The fourth-order valence-electron chi connectivity index (χ4n) is 10.7. The highest BCUT2D eigenvalue weighted by atomic mass is 19.4. The number of likely N-dealkylation sites (tertiary alicyclic amines) is 1. The molecule has 2 aromatic carbocycles. The van der Waals surface area contributed by atoms with Crippen molar-refractivity contribution in [1.29, 1.82) is 0 Å². The van der Waals surface area contributed by atoms with Crippen molar-refractivity contribution in [3.05, 3.63) is 58.7 Å². The number of alkyl halides is 3. The molecule has 2 spiro atoms. The second-order valence-electron chi connectivity index (χ2n) is 14.3. The van der Waals surface area contributed by atoms with Crippen molar-refractivity contribution in [3.8, 4) is 11.5 Å². The van der Waals surface area contributed by atoms with Crippen molar-refractivity contribution in [2.24, 2.45) is 17.3 Å². The first-order valence-corrected chi connectivity index (χ1v) is 15.6. The Morgan fingerprint density at radius 2 is 1.81 bits per heavy atom. The highest BCUT2D eigenvalue weighted by Crippen LogP contribution is 2.77. The number of quaternary nitrogens is 1. The van der Waals surface area contributed by atoms with Crippen molar-refractivity contribution in [1.82, 2.24) is 0 Å². The molecule has 7 aliphatic rings. The average molecular weight is 585 g/mol. The Bertz CT molecular complexity index is 1410. The molecule has 0 radical (unpaired) electrons. The lowest BCUT2D eigenvalue weighted by atomic mass is 9.34. The molecule has 226 valence electrons.